The fourth-order valence-electron chi connectivity index (χ4n) is 1.30. The first-order valence-corrected chi connectivity index (χ1v) is 5.40. The molecule has 0 radical (unpaired) electrons. The Morgan fingerprint density at radius 3 is 2.14 bits per heavy atom. The minimum absolute atomic E-state index is 0.731. The summed E-state index contributed by atoms with van der Waals surface area (Å²) in [5, 5.41) is 8.34. The van der Waals surface area contributed by atoms with Crippen LogP contribution in [0.5, 0.6) is 0 Å². The lowest BCUT2D eigenvalue weighted by molar-refractivity contribution is 0.156. The highest BCUT2D eigenvalue weighted by Crippen LogP contribution is 2.05. The fourth-order valence-corrected chi connectivity index (χ4v) is 1.30. The Hall–Kier alpha value is -0.770. The number of unbranched alkanes of at least 4 members (excludes halogenated alkanes) is 2. The molecule has 0 aromatic rings. The van der Waals surface area contributed by atoms with E-state index in [1.54, 1.807) is 0 Å². The van der Waals surface area contributed by atoms with Gasteiger partial charge in [-0.2, -0.15) is 0 Å². The molecule has 0 aromatic carbocycles. The van der Waals surface area contributed by atoms with Crippen LogP contribution in [-0.2, 0) is 0 Å². The van der Waals surface area contributed by atoms with Crippen molar-refractivity contribution in [1.29, 1.82) is 0 Å². The van der Waals surface area contributed by atoms with Crippen LogP contribution < -0.4 is 5.73 Å². The Balaban J connectivity index is 0.000000255. The SMILES string of the molecule is CCCCCN.O=C(O)N1CCCC1. The number of hydrogen-bond donors (Lipinski definition) is 2. The smallest absolute Gasteiger partial charge is 0.407 e. The van der Waals surface area contributed by atoms with E-state index in [2.05, 4.69) is 6.92 Å². The predicted octanol–water partition coefficient (Wildman–Crippen LogP) is 1.90. The summed E-state index contributed by atoms with van der Waals surface area (Å²) in [7, 11) is 0. The molecule has 1 aliphatic heterocycles. The summed E-state index contributed by atoms with van der Waals surface area (Å²) >= 11 is 0. The maximum atomic E-state index is 10.1. The van der Waals surface area contributed by atoms with Crippen LogP contribution in [0.25, 0.3) is 0 Å². The van der Waals surface area contributed by atoms with E-state index < -0.39 is 6.09 Å². The second-order valence-electron chi connectivity index (χ2n) is 3.47. The molecule has 0 spiro atoms. The maximum absolute atomic E-state index is 10.1. The number of hydrogen-bond acceptors (Lipinski definition) is 2. The van der Waals surface area contributed by atoms with E-state index in [9.17, 15) is 4.79 Å². The number of amides is 1. The van der Waals surface area contributed by atoms with Gasteiger partial charge in [0, 0.05) is 13.1 Å². The highest BCUT2D eigenvalue weighted by atomic mass is 16.4. The van der Waals surface area contributed by atoms with Gasteiger partial charge in [-0.05, 0) is 25.8 Å². The van der Waals surface area contributed by atoms with Crippen LogP contribution in [0.15, 0.2) is 0 Å². The first kappa shape index (κ1) is 13.2. The van der Waals surface area contributed by atoms with Crippen molar-refractivity contribution in [2.24, 2.45) is 5.73 Å². The number of nitrogens with two attached hydrogens (primary N) is 1. The lowest BCUT2D eigenvalue weighted by atomic mass is 10.3. The van der Waals surface area contributed by atoms with E-state index >= 15 is 0 Å². The van der Waals surface area contributed by atoms with Crippen LogP contribution in [0.1, 0.15) is 39.0 Å². The number of rotatable bonds is 3. The summed E-state index contributed by atoms with van der Waals surface area (Å²) in [5.74, 6) is 0. The van der Waals surface area contributed by atoms with Gasteiger partial charge in [0.25, 0.3) is 0 Å². The van der Waals surface area contributed by atoms with Gasteiger partial charge in [0.1, 0.15) is 0 Å². The van der Waals surface area contributed by atoms with E-state index in [4.69, 9.17) is 10.8 Å². The third-order valence-corrected chi connectivity index (χ3v) is 2.18. The molecule has 0 bridgehead atoms. The number of carboxylic acid groups (broad SMARTS) is 1. The quantitative estimate of drug-likeness (QED) is 0.687. The van der Waals surface area contributed by atoms with E-state index in [1.807, 2.05) is 0 Å². The highest BCUT2D eigenvalue weighted by Gasteiger charge is 2.15. The maximum Gasteiger partial charge on any atom is 0.407 e. The molecule has 1 fully saturated rings. The van der Waals surface area contributed by atoms with Gasteiger partial charge >= 0.3 is 6.09 Å². The molecular weight excluding hydrogens is 180 g/mol. The summed E-state index contributed by atoms with van der Waals surface area (Å²) in [6, 6.07) is 0. The molecule has 14 heavy (non-hydrogen) atoms. The Labute approximate surface area is 86.1 Å². The molecule has 84 valence electrons. The monoisotopic (exact) mass is 202 g/mol. The zero-order valence-corrected chi connectivity index (χ0v) is 9.04. The molecule has 0 saturated carbocycles. The summed E-state index contributed by atoms with van der Waals surface area (Å²) < 4.78 is 0. The molecule has 0 unspecified atom stereocenters. The van der Waals surface area contributed by atoms with Crippen molar-refractivity contribution >= 4 is 6.09 Å². The van der Waals surface area contributed by atoms with Gasteiger partial charge in [0.15, 0.2) is 0 Å². The highest BCUT2D eigenvalue weighted by molar-refractivity contribution is 5.65. The molecule has 3 N–H and O–H groups in total. The summed E-state index contributed by atoms with van der Waals surface area (Å²) in [4.78, 5) is 11.6. The van der Waals surface area contributed by atoms with Gasteiger partial charge in [0.2, 0.25) is 0 Å². The van der Waals surface area contributed by atoms with E-state index in [-0.39, 0.29) is 0 Å². The molecule has 1 heterocycles. The minimum Gasteiger partial charge on any atom is -0.465 e. The first-order chi connectivity index (χ1) is 6.72. The fraction of sp³-hybridized carbons (Fsp3) is 0.900. The Morgan fingerprint density at radius 1 is 1.36 bits per heavy atom. The Kier molecular flexibility index (Phi) is 8.33. The lowest BCUT2D eigenvalue weighted by Gasteiger charge is -2.07. The van der Waals surface area contributed by atoms with E-state index in [0.717, 1.165) is 32.5 Å². The van der Waals surface area contributed by atoms with Gasteiger partial charge in [-0.25, -0.2) is 4.79 Å². The molecule has 1 aliphatic rings. The topological polar surface area (TPSA) is 66.6 Å². The van der Waals surface area contributed by atoms with Crippen molar-refractivity contribution in [3.05, 3.63) is 0 Å². The Bertz CT molecular complexity index is 141. The molecule has 1 rings (SSSR count). The van der Waals surface area contributed by atoms with Crippen LogP contribution in [0.2, 0.25) is 0 Å². The predicted molar refractivity (Wildman–Crippen MR) is 57.4 cm³/mol. The van der Waals surface area contributed by atoms with Gasteiger partial charge in [0.05, 0.1) is 0 Å². The van der Waals surface area contributed by atoms with Crippen LogP contribution in [0, 0.1) is 0 Å². The zero-order valence-electron chi connectivity index (χ0n) is 9.04. The molecule has 0 aromatic heterocycles. The number of likely N-dealkylation sites (tertiary alicyclic amines) is 1. The number of nitrogens with zero attached hydrogens (tertiary/aromatic N) is 1. The largest absolute Gasteiger partial charge is 0.465 e. The van der Waals surface area contributed by atoms with Gasteiger partial charge < -0.3 is 15.7 Å². The zero-order chi connectivity index (χ0) is 10.8. The van der Waals surface area contributed by atoms with Crippen molar-refractivity contribution in [3.63, 3.8) is 0 Å². The van der Waals surface area contributed by atoms with Crippen molar-refractivity contribution in [3.8, 4) is 0 Å². The second-order valence-corrected chi connectivity index (χ2v) is 3.47. The molecule has 0 atom stereocenters. The molecule has 1 amide bonds. The van der Waals surface area contributed by atoms with Gasteiger partial charge in [-0.1, -0.05) is 19.8 Å². The average Bonchev–Trinajstić information content (AvgIpc) is 2.68. The van der Waals surface area contributed by atoms with Crippen LogP contribution >= 0.6 is 0 Å². The number of carbonyl (C=O) groups is 1. The van der Waals surface area contributed by atoms with Crippen LogP contribution in [-0.4, -0.2) is 35.7 Å². The summed E-state index contributed by atoms with van der Waals surface area (Å²) in [6.07, 6.45) is 5.05. The van der Waals surface area contributed by atoms with E-state index in [1.165, 1.54) is 24.2 Å². The van der Waals surface area contributed by atoms with Crippen molar-refractivity contribution < 1.29 is 9.90 Å². The van der Waals surface area contributed by atoms with Crippen molar-refractivity contribution in [2.75, 3.05) is 19.6 Å². The lowest BCUT2D eigenvalue weighted by Crippen LogP contribution is -2.25. The average molecular weight is 202 g/mol. The van der Waals surface area contributed by atoms with E-state index in [0.29, 0.717) is 0 Å². The second kappa shape index (κ2) is 8.81. The Morgan fingerprint density at radius 2 is 1.93 bits per heavy atom. The third kappa shape index (κ3) is 6.71. The third-order valence-electron chi connectivity index (χ3n) is 2.18. The van der Waals surface area contributed by atoms with Crippen molar-refractivity contribution in [1.82, 2.24) is 4.90 Å². The molecule has 1 saturated heterocycles. The normalized spacial score (nSPS) is 14.9. The molecular formula is C10H22N2O2. The minimum atomic E-state index is -0.775. The molecule has 4 nitrogen and oxygen atoms in total. The molecule has 4 heteroatoms. The summed E-state index contributed by atoms with van der Waals surface area (Å²) in [5.41, 5.74) is 5.21. The van der Waals surface area contributed by atoms with Crippen LogP contribution in [0.3, 0.4) is 0 Å². The van der Waals surface area contributed by atoms with Gasteiger partial charge in [-0.3, -0.25) is 0 Å². The van der Waals surface area contributed by atoms with Crippen LogP contribution in [0.4, 0.5) is 4.79 Å². The van der Waals surface area contributed by atoms with Crippen molar-refractivity contribution in [2.45, 2.75) is 39.0 Å². The summed E-state index contributed by atoms with van der Waals surface area (Å²) in [6.45, 7) is 4.49. The standard InChI is InChI=1S/C5H9NO2.C5H13N/c7-5(8)6-3-1-2-4-6;1-2-3-4-5-6/h1-4H2,(H,7,8);2-6H2,1H3. The van der Waals surface area contributed by atoms with Gasteiger partial charge in [-0.15, -0.1) is 0 Å². The molecule has 0 aliphatic carbocycles. The first-order valence-electron chi connectivity index (χ1n) is 5.40.